The number of rotatable bonds is 13. The van der Waals surface area contributed by atoms with Crippen LogP contribution < -0.4 is 14.8 Å². The number of carboxylic acid groups (broad SMARTS) is 1. The molecule has 1 fully saturated rings. The molecular weight excluding hydrogens is 520 g/mol. The third-order valence-electron chi connectivity index (χ3n) is 7.79. The fourth-order valence-corrected chi connectivity index (χ4v) is 5.71. The first-order chi connectivity index (χ1) is 19.2. The van der Waals surface area contributed by atoms with Crippen LogP contribution in [0.3, 0.4) is 0 Å². The summed E-state index contributed by atoms with van der Waals surface area (Å²) in [5.41, 5.74) is 2.03. The Kier molecular flexibility index (Phi) is 10.2. The molecule has 220 valence electrons. The molecule has 0 radical (unpaired) electrons. The number of methoxy groups -OCH3 is 2. The van der Waals surface area contributed by atoms with Gasteiger partial charge in [0.05, 0.1) is 25.9 Å². The average Bonchev–Trinajstić information content (AvgIpc) is 3.39. The van der Waals surface area contributed by atoms with E-state index in [0.717, 1.165) is 74.0 Å². The molecule has 1 aromatic carbocycles. The molecule has 0 aliphatic carbocycles. The first kappa shape index (κ1) is 30.0. The third kappa shape index (κ3) is 6.66. The summed E-state index contributed by atoms with van der Waals surface area (Å²) in [7, 11) is 2.92. The SMILES string of the molecule is COc1cc(CCCCCO[C@@H]2CCN(C(C(=O)O)c3c(F)c(C(C)C)cc(F)c3OC)C2)nc2c1CCCN2. The number of fused-ring (bicyclic) bond motifs is 1. The molecule has 2 atom stereocenters. The minimum absolute atomic E-state index is 0.131. The number of nitrogens with one attached hydrogen (secondary N) is 1. The van der Waals surface area contributed by atoms with Crippen LogP contribution in [0.2, 0.25) is 0 Å². The number of pyridine rings is 1. The van der Waals surface area contributed by atoms with E-state index in [1.165, 1.54) is 7.11 Å². The maximum Gasteiger partial charge on any atom is 0.325 e. The van der Waals surface area contributed by atoms with Crippen molar-refractivity contribution < 1.29 is 32.9 Å². The summed E-state index contributed by atoms with van der Waals surface area (Å²) in [6.07, 6.45) is 6.14. The van der Waals surface area contributed by atoms with E-state index in [2.05, 4.69) is 5.32 Å². The fraction of sp³-hybridized carbons (Fsp3) is 0.600. The topological polar surface area (TPSA) is 93.2 Å². The smallest absolute Gasteiger partial charge is 0.325 e. The number of halogens is 2. The Bertz CT molecular complexity index is 1180. The molecule has 0 amide bonds. The Hall–Kier alpha value is -2.98. The zero-order valence-corrected chi connectivity index (χ0v) is 23.9. The largest absolute Gasteiger partial charge is 0.496 e. The molecule has 2 aromatic rings. The van der Waals surface area contributed by atoms with Gasteiger partial charge in [-0.2, -0.15) is 0 Å². The lowest BCUT2D eigenvalue weighted by molar-refractivity contribution is -0.143. The highest BCUT2D eigenvalue weighted by atomic mass is 19.1. The van der Waals surface area contributed by atoms with Crippen molar-refractivity contribution in [2.75, 3.05) is 45.8 Å². The van der Waals surface area contributed by atoms with Crippen molar-refractivity contribution in [1.29, 1.82) is 0 Å². The number of aromatic nitrogens is 1. The van der Waals surface area contributed by atoms with E-state index in [1.807, 2.05) is 6.07 Å². The van der Waals surface area contributed by atoms with Crippen molar-refractivity contribution in [3.8, 4) is 11.5 Å². The highest BCUT2D eigenvalue weighted by molar-refractivity contribution is 5.77. The molecule has 2 N–H and O–H groups in total. The first-order valence-corrected chi connectivity index (χ1v) is 14.2. The maximum atomic E-state index is 15.5. The number of carboxylic acids is 1. The molecule has 1 saturated heterocycles. The zero-order valence-electron chi connectivity index (χ0n) is 23.9. The molecule has 0 spiro atoms. The Morgan fingerprint density at radius 3 is 2.70 bits per heavy atom. The van der Waals surface area contributed by atoms with Crippen LogP contribution in [0.1, 0.15) is 80.3 Å². The van der Waals surface area contributed by atoms with Gasteiger partial charge in [0.1, 0.15) is 23.4 Å². The fourth-order valence-electron chi connectivity index (χ4n) is 5.71. The molecule has 2 aliphatic heterocycles. The van der Waals surface area contributed by atoms with Gasteiger partial charge in [0.25, 0.3) is 0 Å². The van der Waals surface area contributed by atoms with Gasteiger partial charge in [0, 0.05) is 43.6 Å². The Labute approximate surface area is 235 Å². The summed E-state index contributed by atoms with van der Waals surface area (Å²) >= 11 is 0. The van der Waals surface area contributed by atoms with Crippen molar-refractivity contribution in [1.82, 2.24) is 9.88 Å². The number of anilines is 1. The Morgan fingerprint density at radius 2 is 2.00 bits per heavy atom. The predicted molar refractivity (Wildman–Crippen MR) is 148 cm³/mol. The number of carbonyl (C=O) groups is 1. The van der Waals surface area contributed by atoms with Crippen LogP contribution in [-0.2, 0) is 22.4 Å². The van der Waals surface area contributed by atoms with Gasteiger partial charge in [-0.15, -0.1) is 0 Å². The zero-order chi connectivity index (χ0) is 28.8. The van der Waals surface area contributed by atoms with Crippen molar-refractivity contribution in [3.05, 3.63) is 46.2 Å². The van der Waals surface area contributed by atoms with Crippen LogP contribution in [0.15, 0.2) is 12.1 Å². The molecule has 10 heteroatoms. The summed E-state index contributed by atoms with van der Waals surface area (Å²) in [6.45, 7) is 5.67. The number of unbranched alkanes of at least 4 members (excludes halogenated alkanes) is 2. The molecule has 0 saturated carbocycles. The summed E-state index contributed by atoms with van der Waals surface area (Å²) < 4.78 is 47.1. The van der Waals surface area contributed by atoms with E-state index >= 15 is 4.39 Å². The van der Waals surface area contributed by atoms with Crippen LogP contribution in [0.25, 0.3) is 0 Å². The van der Waals surface area contributed by atoms with E-state index in [-0.39, 0.29) is 28.9 Å². The summed E-state index contributed by atoms with van der Waals surface area (Å²) in [6, 6.07) is 1.76. The van der Waals surface area contributed by atoms with Gasteiger partial charge in [-0.25, -0.2) is 13.8 Å². The lowest BCUT2D eigenvalue weighted by Gasteiger charge is -2.27. The minimum atomic E-state index is -1.37. The van der Waals surface area contributed by atoms with E-state index in [9.17, 15) is 14.3 Å². The van der Waals surface area contributed by atoms with Gasteiger partial charge >= 0.3 is 5.97 Å². The number of benzene rings is 1. The molecule has 2 aliphatic rings. The summed E-state index contributed by atoms with van der Waals surface area (Å²) in [5.74, 6) is -1.58. The van der Waals surface area contributed by atoms with Crippen molar-refractivity contribution in [2.24, 2.45) is 0 Å². The second kappa shape index (κ2) is 13.6. The van der Waals surface area contributed by atoms with Gasteiger partial charge in [0.2, 0.25) is 0 Å². The van der Waals surface area contributed by atoms with Gasteiger partial charge in [-0.05, 0) is 56.1 Å². The van der Waals surface area contributed by atoms with Crippen LogP contribution in [-0.4, -0.2) is 67.5 Å². The maximum absolute atomic E-state index is 15.5. The second-order valence-electron chi connectivity index (χ2n) is 10.9. The number of ether oxygens (including phenoxy) is 3. The molecule has 1 unspecified atom stereocenters. The minimum Gasteiger partial charge on any atom is -0.496 e. The molecular formula is C30H41F2N3O5. The van der Waals surface area contributed by atoms with Crippen LogP contribution in [0.4, 0.5) is 14.6 Å². The van der Waals surface area contributed by atoms with Crippen molar-refractivity contribution in [3.63, 3.8) is 0 Å². The summed E-state index contributed by atoms with van der Waals surface area (Å²) in [4.78, 5) is 18.7. The molecule has 8 nitrogen and oxygen atoms in total. The lowest BCUT2D eigenvalue weighted by atomic mass is 9.94. The monoisotopic (exact) mass is 561 g/mol. The number of likely N-dealkylation sites (tertiary alicyclic amines) is 1. The second-order valence-corrected chi connectivity index (χ2v) is 10.9. The lowest BCUT2D eigenvalue weighted by Crippen LogP contribution is -2.35. The molecule has 40 heavy (non-hydrogen) atoms. The Balaban J connectivity index is 1.29. The third-order valence-corrected chi connectivity index (χ3v) is 7.79. The Morgan fingerprint density at radius 1 is 1.20 bits per heavy atom. The number of aliphatic carboxylic acids is 1. The highest BCUT2D eigenvalue weighted by Crippen LogP contribution is 2.39. The quantitative estimate of drug-likeness (QED) is 0.310. The number of hydrogen-bond donors (Lipinski definition) is 2. The number of nitrogens with zero attached hydrogens (tertiary/aromatic N) is 2. The van der Waals surface area contributed by atoms with Gasteiger partial charge in [-0.3, -0.25) is 9.69 Å². The number of hydrogen-bond acceptors (Lipinski definition) is 7. The molecule has 3 heterocycles. The summed E-state index contributed by atoms with van der Waals surface area (Å²) in [5, 5.41) is 13.4. The van der Waals surface area contributed by atoms with E-state index in [4.69, 9.17) is 19.2 Å². The van der Waals surface area contributed by atoms with Crippen molar-refractivity contribution >= 4 is 11.8 Å². The van der Waals surface area contributed by atoms with Crippen LogP contribution in [0.5, 0.6) is 11.5 Å². The van der Waals surface area contributed by atoms with Crippen LogP contribution >= 0.6 is 0 Å². The van der Waals surface area contributed by atoms with Crippen molar-refractivity contribution in [2.45, 2.75) is 76.9 Å². The highest BCUT2D eigenvalue weighted by Gasteiger charge is 2.39. The van der Waals surface area contributed by atoms with Gasteiger partial charge in [0.15, 0.2) is 11.6 Å². The first-order valence-electron chi connectivity index (χ1n) is 14.2. The predicted octanol–water partition coefficient (Wildman–Crippen LogP) is 5.49. The normalized spacial score (nSPS) is 17.9. The average molecular weight is 562 g/mol. The standard InChI is InChI=1S/C30H41F2N3O5/c1-18(2)22-16-23(31)28(39-4)25(26(22)32)27(30(36)37)35-13-11-20(17-35)40-14-7-5-6-9-19-15-24(38-3)21-10-8-12-33-29(21)34-19/h15-16,18,20,27H,5-14,17H2,1-4H3,(H,33,34)(H,36,37)/t20-,27?/m1/s1. The molecule has 1 aromatic heterocycles. The van der Waals surface area contributed by atoms with E-state index < -0.39 is 23.6 Å². The van der Waals surface area contributed by atoms with E-state index in [1.54, 1.807) is 25.9 Å². The van der Waals surface area contributed by atoms with Gasteiger partial charge < -0.3 is 24.6 Å². The molecule has 0 bridgehead atoms. The van der Waals surface area contributed by atoms with E-state index in [0.29, 0.717) is 26.1 Å². The number of aryl methyl sites for hydroxylation is 1. The molecule has 4 rings (SSSR count). The van der Waals surface area contributed by atoms with Gasteiger partial charge in [-0.1, -0.05) is 20.3 Å². The van der Waals surface area contributed by atoms with Crippen LogP contribution in [0, 0.1) is 11.6 Å².